The molecule has 2 unspecified atom stereocenters. The van der Waals surface area contributed by atoms with Gasteiger partial charge < -0.3 is 5.32 Å². The molecule has 214 valence electrons. The topological polar surface area (TPSA) is 62.3 Å². The minimum absolute atomic E-state index is 0.0164. The van der Waals surface area contributed by atoms with Crippen LogP contribution in [0.15, 0.2) is 78.9 Å². The van der Waals surface area contributed by atoms with Gasteiger partial charge in [-0.15, -0.1) is 0 Å². The number of aromatic nitrogens is 1. The van der Waals surface area contributed by atoms with Crippen molar-refractivity contribution in [3.05, 3.63) is 112 Å². The number of hydrogen-bond donors (Lipinski definition) is 1. The third-order valence-corrected chi connectivity index (χ3v) is 9.94. The highest BCUT2D eigenvalue weighted by Crippen LogP contribution is 2.53. The molecule has 2 atom stereocenters. The van der Waals surface area contributed by atoms with Gasteiger partial charge in [0.05, 0.1) is 5.52 Å². The van der Waals surface area contributed by atoms with Crippen LogP contribution in [0.1, 0.15) is 100 Å². The Bertz CT molecular complexity index is 1620. The number of hydrogen-bond acceptors (Lipinski definition) is 4. The third-order valence-electron chi connectivity index (χ3n) is 9.94. The number of rotatable bonds is 8. The van der Waals surface area contributed by atoms with Gasteiger partial charge in [0.1, 0.15) is 0 Å². The molecule has 3 aromatic carbocycles. The number of amides is 1. The van der Waals surface area contributed by atoms with Crippen molar-refractivity contribution in [1.82, 2.24) is 15.2 Å². The van der Waals surface area contributed by atoms with Crippen molar-refractivity contribution in [3.8, 4) is 0 Å². The summed E-state index contributed by atoms with van der Waals surface area (Å²) in [6.07, 6.45) is 8.48. The molecule has 1 N–H and O–H groups in total. The zero-order valence-electron chi connectivity index (χ0n) is 24.4. The van der Waals surface area contributed by atoms with Crippen molar-refractivity contribution in [2.24, 2.45) is 5.92 Å². The van der Waals surface area contributed by atoms with E-state index in [1.165, 1.54) is 30.4 Å². The van der Waals surface area contributed by atoms with E-state index in [-0.39, 0.29) is 17.7 Å². The Balaban J connectivity index is 0.925. The first-order valence-corrected chi connectivity index (χ1v) is 15.7. The van der Waals surface area contributed by atoms with E-state index in [1.807, 2.05) is 73.7 Å². The van der Waals surface area contributed by atoms with E-state index in [2.05, 4.69) is 27.3 Å². The number of fused-ring (bicyclic) bond motifs is 6. The van der Waals surface area contributed by atoms with Crippen LogP contribution < -0.4 is 5.32 Å². The molecule has 2 fully saturated rings. The quantitative estimate of drug-likeness (QED) is 0.227. The van der Waals surface area contributed by atoms with Gasteiger partial charge in [-0.05, 0) is 105 Å². The fourth-order valence-electron chi connectivity index (χ4n) is 7.71. The predicted octanol–water partition coefficient (Wildman–Crippen LogP) is 7.54. The van der Waals surface area contributed by atoms with Crippen LogP contribution in [0.3, 0.4) is 0 Å². The summed E-state index contributed by atoms with van der Waals surface area (Å²) in [6.45, 7) is 3.09. The number of ketones is 1. The fourth-order valence-corrected chi connectivity index (χ4v) is 7.71. The lowest BCUT2D eigenvalue weighted by atomic mass is 9.84. The van der Waals surface area contributed by atoms with Crippen LogP contribution in [-0.4, -0.2) is 34.2 Å². The largest absolute Gasteiger partial charge is 0.349 e. The molecule has 4 aromatic rings. The standard InChI is InChI=1S/C37H39N3O2/c1-24-10-16-29-31(8-5-9-33(29)38-24)37(42)39-28-14-11-25(12-15-28)20-21-40-34-18-19-35(40)32-23-27(13-17-30(32)34)36(41)22-26-6-3-2-4-7-26/h2-10,13,16-17,23,25,28,34-35H,11-12,14-15,18-22H2,1H3,(H,39,42). The van der Waals surface area contributed by atoms with E-state index in [4.69, 9.17) is 0 Å². The minimum atomic E-state index is 0.0164. The SMILES string of the molecule is Cc1ccc2c(C(=O)NC3CCC(CCN4C5CCC4c4cc(C(=O)Cc6ccccc6)ccc45)CC3)cccc2n1. The maximum absolute atomic E-state index is 13.2. The summed E-state index contributed by atoms with van der Waals surface area (Å²) in [5.74, 6) is 0.922. The van der Waals surface area contributed by atoms with Crippen LogP contribution in [0, 0.1) is 12.8 Å². The second-order valence-corrected chi connectivity index (χ2v) is 12.6. The lowest BCUT2D eigenvalue weighted by Crippen LogP contribution is -2.38. The number of Topliss-reactive ketones (excluding diaryl/α,β-unsaturated/α-hetero) is 1. The van der Waals surface area contributed by atoms with E-state index < -0.39 is 0 Å². The molecule has 0 spiro atoms. The Hall–Kier alpha value is -3.83. The van der Waals surface area contributed by atoms with E-state index in [1.54, 1.807) is 0 Å². The molecule has 1 saturated heterocycles. The monoisotopic (exact) mass is 557 g/mol. The predicted molar refractivity (Wildman–Crippen MR) is 167 cm³/mol. The van der Waals surface area contributed by atoms with Gasteiger partial charge in [0.15, 0.2) is 5.78 Å². The number of carbonyl (C=O) groups excluding carboxylic acids is 2. The number of nitrogens with zero attached hydrogens (tertiary/aromatic N) is 2. The molecule has 3 heterocycles. The van der Waals surface area contributed by atoms with E-state index in [9.17, 15) is 9.59 Å². The second-order valence-electron chi connectivity index (χ2n) is 12.6. The van der Waals surface area contributed by atoms with Gasteiger partial charge in [-0.25, -0.2) is 0 Å². The van der Waals surface area contributed by atoms with Gasteiger partial charge in [0.2, 0.25) is 0 Å². The Morgan fingerprint density at radius 3 is 2.43 bits per heavy atom. The average molecular weight is 558 g/mol. The molecule has 3 aliphatic rings. The molecule has 7 rings (SSSR count). The van der Waals surface area contributed by atoms with Crippen LogP contribution in [0.25, 0.3) is 10.9 Å². The van der Waals surface area contributed by atoms with Gasteiger partial charge in [0, 0.05) is 46.8 Å². The Morgan fingerprint density at radius 2 is 1.62 bits per heavy atom. The molecule has 2 bridgehead atoms. The van der Waals surface area contributed by atoms with Crippen LogP contribution in [0.2, 0.25) is 0 Å². The maximum Gasteiger partial charge on any atom is 0.252 e. The molecule has 0 radical (unpaired) electrons. The fraction of sp³-hybridized carbons (Fsp3) is 0.378. The van der Waals surface area contributed by atoms with Crippen molar-refractivity contribution in [2.45, 2.75) is 76.4 Å². The number of nitrogens with one attached hydrogen (secondary N) is 1. The number of aryl methyl sites for hydroxylation is 1. The van der Waals surface area contributed by atoms with Crippen LogP contribution in [0.4, 0.5) is 0 Å². The van der Waals surface area contributed by atoms with E-state index in [0.29, 0.717) is 24.4 Å². The first-order chi connectivity index (χ1) is 20.5. The van der Waals surface area contributed by atoms with Gasteiger partial charge in [-0.3, -0.25) is 19.5 Å². The number of carbonyl (C=O) groups is 2. The lowest BCUT2D eigenvalue weighted by Gasteiger charge is -2.31. The third kappa shape index (κ3) is 5.27. The molecule has 5 heteroatoms. The molecule has 2 aliphatic heterocycles. The first-order valence-electron chi connectivity index (χ1n) is 15.7. The van der Waals surface area contributed by atoms with Crippen LogP contribution in [0.5, 0.6) is 0 Å². The van der Waals surface area contributed by atoms with Crippen molar-refractivity contribution in [3.63, 3.8) is 0 Å². The van der Waals surface area contributed by atoms with Gasteiger partial charge in [-0.2, -0.15) is 0 Å². The zero-order chi connectivity index (χ0) is 28.6. The molecular weight excluding hydrogens is 518 g/mol. The maximum atomic E-state index is 13.2. The first kappa shape index (κ1) is 27.0. The van der Waals surface area contributed by atoms with Crippen molar-refractivity contribution < 1.29 is 9.59 Å². The normalized spacial score (nSPS) is 23.2. The molecule has 1 aliphatic carbocycles. The van der Waals surface area contributed by atoms with Crippen molar-refractivity contribution >= 4 is 22.6 Å². The molecule has 1 aromatic heterocycles. The van der Waals surface area contributed by atoms with Gasteiger partial charge in [-0.1, -0.05) is 54.6 Å². The highest BCUT2D eigenvalue weighted by atomic mass is 16.1. The smallest absolute Gasteiger partial charge is 0.252 e. The number of pyridine rings is 1. The number of benzene rings is 3. The second kappa shape index (κ2) is 11.4. The lowest BCUT2D eigenvalue weighted by molar-refractivity contribution is 0.0919. The molecule has 5 nitrogen and oxygen atoms in total. The minimum Gasteiger partial charge on any atom is -0.349 e. The summed E-state index contributed by atoms with van der Waals surface area (Å²) in [4.78, 5) is 33.5. The summed E-state index contributed by atoms with van der Waals surface area (Å²) in [5, 5.41) is 4.24. The van der Waals surface area contributed by atoms with Crippen LogP contribution in [-0.2, 0) is 6.42 Å². The average Bonchev–Trinajstić information content (AvgIpc) is 3.56. The molecular formula is C37H39N3O2. The van der Waals surface area contributed by atoms with Crippen molar-refractivity contribution in [1.29, 1.82) is 0 Å². The highest BCUT2D eigenvalue weighted by Gasteiger charge is 2.43. The Kier molecular flexibility index (Phi) is 7.37. The summed E-state index contributed by atoms with van der Waals surface area (Å²) < 4.78 is 0. The zero-order valence-corrected chi connectivity index (χ0v) is 24.4. The van der Waals surface area contributed by atoms with E-state index in [0.717, 1.165) is 65.5 Å². The Morgan fingerprint density at radius 1 is 0.833 bits per heavy atom. The molecule has 1 saturated carbocycles. The molecule has 1 amide bonds. The van der Waals surface area contributed by atoms with E-state index >= 15 is 0 Å². The summed E-state index contributed by atoms with van der Waals surface area (Å²) in [6, 6.07) is 27.5. The Labute approximate surface area is 248 Å². The van der Waals surface area contributed by atoms with Crippen LogP contribution >= 0.6 is 0 Å². The van der Waals surface area contributed by atoms with Gasteiger partial charge in [0.25, 0.3) is 5.91 Å². The summed E-state index contributed by atoms with van der Waals surface area (Å²) >= 11 is 0. The molecule has 42 heavy (non-hydrogen) atoms. The summed E-state index contributed by atoms with van der Waals surface area (Å²) in [5.41, 5.74) is 7.29. The van der Waals surface area contributed by atoms with Gasteiger partial charge >= 0.3 is 0 Å². The summed E-state index contributed by atoms with van der Waals surface area (Å²) in [7, 11) is 0. The highest BCUT2D eigenvalue weighted by molar-refractivity contribution is 6.06. The van der Waals surface area contributed by atoms with Crippen molar-refractivity contribution in [2.75, 3.05) is 6.54 Å².